The zero-order valence-corrected chi connectivity index (χ0v) is 6.22. The second kappa shape index (κ2) is 1.50. The van der Waals surface area contributed by atoms with Crippen LogP contribution in [0.4, 0.5) is 0 Å². The molecule has 2 atom stereocenters. The van der Waals surface area contributed by atoms with Gasteiger partial charge >= 0.3 is 0 Å². The SMILES string of the molecule is CN1CCC2(C1)CN2C. The summed E-state index contributed by atoms with van der Waals surface area (Å²) >= 11 is 0. The van der Waals surface area contributed by atoms with Gasteiger partial charge in [0.15, 0.2) is 0 Å². The van der Waals surface area contributed by atoms with Crippen molar-refractivity contribution in [2.45, 2.75) is 12.0 Å². The van der Waals surface area contributed by atoms with E-state index < -0.39 is 0 Å². The molecule has 2 heterocycles. The first-order valence-corrected chi connectivity index (χ1v) is 3.63. The van der Waals surface area contributed by atoms with Crippen molar-refractivity contribution in [3.8, 4) is 0 Å². The van der Waals surface area contributed by atoms with E-state index >= 15 is 0 Å². The monoisotopic (exact) mass is 126 g/mol. The lowest BCUT2D eigenvalue weighted by Gasteiger charge is -2.07. The van der Waals surface area contributed by atoms with Gasteiger partial charge in [0.25, 0.3) is 0 Å². The van der Waals surface area contributed by atoms with E-state index in [0.717, 1.165) is 0 Å². The van der Waals surface area contributed by atoms with E-state index in [2.05, 4.69) is 23.9 Å². The molecule has 2 nitrogen and oxygen atoms in total. The van der Waals surface area contributed by atoms with E-state index in [1.807, 2.05) is 0 Å². The summed E-state index contributed by atoms with van der Waals surface area (Å²) in [6, 6.07) is 0. The van der Waals surface area contributed by atoms with Gasteiger partial charge in [-0.2, -0.15) is 0 Å². The molecule has 2 unspecified atom stereocenters. The van der Waals surface area contributed by atoms with Crippen LogP contribution in [0.5, 0.6) is 0 Å². The number of hydrogen-bond donors (Lipinski definition) is 0. The molecule has 0 aromatic rings. The lowest BCUT2D eigenvalue weighted by atomic mass is 10.1. The van der Waals surface area contributed by atoms with Crippen LogP contribution in [0, 0.1) is 0 Å². The Kier molecular flexibility index (Phi) is 0.945. The molecule has 0 N–H and O–H groups in total. The topological polar surface area (TPSA) is 6.25 Å². The fourth-order valence-corrected chi connectivity index (χ4v) is 1.91. The molecule has 1 spiro atoms. The molecule has 2 heteroatoms. The molecule has 9 heavy (non-hydrogen) atoms. The van der Waals surface area contributed by atoms with Gasteiger partial charge < -0.3 is 4.90 Å². The van der Waals surface area contributed by atoms with Crippen molar-refractivity contribution in [1.29, 1.82) is 0 Å². The molecule has 0 amide bonds. The van der Waals surface area contributed by atoms with E-state index in [0.29, 0.717) is 5.54 Å². The van der Waals surface area contributed by atoms with Gasteiger partial charge in [-0.15, -0.1) is 0 Å². The van der Waals surface area contributed by atoms with Gasteiger partial charge in [0.2, 0.25) is 0 Å². The zero-order valence-electron chi connectivity index (χ0n) is 6.22. The molecule has 52 valence electrons. The summed E-state index contributed by atoms with van der Waals surface area (Å²) in [4.78, 5) is 4.88. The Morgan fingerprint density at radius 2 is 1.89 bits per heavy atom. The minimum absolute atomic E-state index is 0.634. The van der Waals surface area contributed by atoms with Gasteiger partial charge in [-0.05, 0) is 27.1 Å². The van der Waals surface area contributed by atoms with Gasteiger partial charge in [-0.3, -0.25) is 4.90 Å². The van der Waals surface area contributed by atoms with Crippen LogP contribution in [0.15, 0.2) is 0 Å². The van der Waals surface area contributed by atoms with Gasteiger partial charge in [0.05, 0.1) is 0 Å². The second-order valence-corrected chi connectivity index (χ2v) is 3.57. The number of likely N-dealkylation sites (tertiary alicyclic amines) is 1. The quantitative estimate of drug-likeness (QED) is 0.422. The highest BCUT2D eigenvalue weighted by Crippen LogP contribution is 2.38. The van der Waals surface area contributed by atoms with Gasteiger partial charge in [-0.1, -0.05) is 0 Å². The Morgan fingerprint density at radius 3 is 2.11 bits per heavy atom. The van der Waals surface area contributed by atoms with Crippen LogP contribution >= 0.6 is 0 Å². The molecule has 2 rings (SSSR count). The molecule has 0 saturated carbocycles. The number of hydrogen-bond acceptors (Lipinski definition) is 2. The smallest absolute Gasteiger partial charge is 0.0473 e. The average molecular weight is 126 g/mol. The summed E-state index contributed by atoms with van der Waals surface area (Å²) in [5.41, 5.74) is 0.634. The predicted molar refractivity (Wildman–Crippen MR) is 37.5 cm³/mol. The maximum atomic E-state index is 2.45. The van der Waals surface area contributed by atoms with E-state index in [-0.39, 0.29) is 0 Å². The maximum Gasteiger partial charge on any atom is 0.0473 e. The van der Waals surface area contributed by atoms with Crippen LogP contribution in [-0.4, -0.2) is 49.1 Å². The first kappa shape index (κ1) is 5.69. The summed E-state index contributed by atoms with van der Waals surface area (Å²) < 4.78 is 0. The lowest BCUT2D eigenvalue weighted by Crippen LogP contribution is -2.21. The van der Waals surface area contributed by atoms with E-state index in [4.69, 9.17) is 0 Å². The van der Waals surface area contributed by atoms with Crippen molar-refractivity contribution in [1.82, 2.24) is 9.80 Å². The summed E-state index contributed by atoms with van der Waals surface area (Å²) in [5, 5.41) is 0. The molecule has 0 aliphatic carbocycles. The highest BCUT2D eigenvalue weighted by atomic mass is 15.4. The van der Waals surface area contributed by atoms with Crippen molar-refractivity contribution in [2.75, 3.05) is 33.7 Å². The summed E-state index contributed by atoms with van der Waals surface area (Å²) in [6.45, 7) is 3.92. The van der Waals surface area contributed by atoms with Crippen LogP contribution < -0.4 is 0 Å². The maximum absolute atomic E-state index is 2.45. The normalized spacial score (nSPS) is 50.7. The van der Waals surface area contributed by atoms with Crippen LogP contribution in [0.1, 0.15) is 6.42 Å². The number of rotatable bonds is 0. The molecule has 0 radical (unpaired) electrons. The molecule has 0 aromatic carbocycles. The fourth-order valence-electron chi connectivity index (χ4n) is 1.91. The number of likely N-dealkylation sites (N-methyl/N-ethyl adjacent to an activating group) is 2. The summed E-state index contributed by atoms with van der Waals surface area (Å²) in [7, 11) is 4.43. The molecule has 2 fully saturated rings. The highest BCUT2D eigenvalue weighted by molar-refractivity contribution is 5.10. The van der Waals surface area contributed by atoms with E-state index in [1.54, 1.807) is 0 Å². The van der Waals surface area contributed by atoms with Crippen LogP contribution in [0.2, 0.25) is 0 Å². The standard InChI is InChI=1S/C7H14N2/c1-8-4-3-7(5-8)6-9(7)2/h3-6H2,1-2H3. The van der Waals surface area contributed by atoms with Gasteiger partial charge in [-0.25, -0.2) is 0 Å². The van der Waals surface area contributed by atoms with E-state index in [1.165, 1.54) is 26.1 Å². The zero-order chi connectivity index (χ0) is 6.48. The lowest BCUT2D eigenvalue weighted by molar-refractivity contribution is 0.386. The minimum Gasteiger partial charge on any atom is -0.304 e. The molecular formula is C7H14N2. The third kappa shape index (κ3) is 0.700. The van der Waals surface area contributed by atoms with Crippen molar-refractivity contribution >= 4 is 0 Å². The van der Waals surface area contributed by atoms with Gasteiger partial charge in [0, 0.05) is 18.6 Å². The molecule has 0 aromatic heterocycles. The Labute approximate surface area is 56.4 Å². The van der Waals surface area contributed by atoms with Crippen molar-refractivity contribution < 1.29 is 0 Å². The minimum atomic E-state index is 0.634. The Morgan fingerprint density at radius 1 is 1.22 bits per heavy atom. The third-order valence-corrected chi connectivity index (χ3v) is 2.76. The third-order valence-electron chi connectivity index (χ3n) is 2.76. The van der Waals surface area contributed by atoms with Crippen LogP contribution in [0.3, 0.4) is 0 Å². The largest absolute Gasteiger partial charge is 0.304 e. The molecule has 2 aliphatic heterocycles. The first-order valence-electron chi connectivity index (χ1n) is 3.63. The summed E-state index contributed by atoms with van der Waals surface area (Å²) in [6.07, 6.45) is 1.39. The Bertz CT molecular complexity index is 133. The van der Waals surface area contributed by atoms with Crippen molar-refractivity contribution in [3.05, 3.63) is 0 Å². The highest BCUT2D eigenvalue weighted by Gasteiger charge is 2.52. The van der Waals surface area contributed by atoms with Crippen molar-refractivity contribution in [3.63, 3.8) is 0 Å². The van der Waals surface area contributed by atoms with E-state index in [9.17, 15) is 0 Å². The predicted octanol–water partition coefficient (Wildman–Crippen LogP) is 0.00610. The molecule has 2 saturated heterocycles. The van der Waals surface area contributed by atoms with Crippen LogP contribution in [0.25, 0.3) is 0 Å². The average Bonchev–Trinajstić information content (AvgIpc) is 2.17. The molecule has 2 aliphatic rings. The van der Waals surface area contributed by atoms with Gasteiger partial charge in [0.1, 0.15) is 0 Å². The second-order valence-electron chi connectivity index (χ2n) is 3.57. The molecular weight excluding hydrogens is 112 g/mol. The first-order chi connectivity index (χ1) is 4.23. The molecule has 0 bridgehead atoms. The van der Waals surface area contributed by atoms with Crippen LogP contribution in [-0.2, 0) is 0 Å². The number of nitrogens with zero attached hydrogens (tertiary/aromatic N) is 2. The summed E-state index contributed by atoms with van der Waals surface area (Å²) in [5.74, 6) is 0. The Hall–Kier alpha value is -0.0800. The fraction of sp³-hybridized carbons (Fsp3) is 1.00. The Balaban J connectivity index is 2.03. The van der Waals surface area contributed by atoms with Crippen molar-refractivity contribution in [2.24, 2.45) is 0 Å².